The van der Waals surface area contributed by atoms with Gasteiger partial charge in [0.05, 0.1) is 21.2 Å². The van der Waals surface area contributed by atoms with Crippen molar-refractivity contribution < 1.29 is 13.9 Å². The Morgan fingerprint density at radius 1 is 0.964 bits per heavy atom. The van der Waals surface area contributed by atoms with Gasteiger partial charge in [-0.3, -0.25) is 4.99 Å². The minimum atomic E-state index is -0.278. The lowest BCUT2D eigenvalue weighted by atomic mass is 10.2. The first-order valence-electron chi connectivity index (χ1n) is 8.68. The highest BCUT2D eigenvalue weighted by atomic mass is 79.9. The SMILES string of the molecule is CCOc1ccc(N=Cc2cc(Br)c(OCc3cccc(F)c3)c(Br)c2)cc1. The molecule has 3 rings (SSSR count). The van der Waals surface area contributed by atoms with E-state index in [1.54, 1.807) is 12.3 Å². The van der Waals surface area contributed by atoms with E-state index in [0.717, 1.165) is 31.5 Å². The normalized spacial score (nSPS) is 11.0. The van der Waals surface area contributed by atoms with Crippen molar-refractivity contribution >= 4 is 43.8 Å². The summed E-state index contributed by atoms with van der Waals surface area (Å²) < 4.78 is 26.1. The standard InChI is InChI=1S/C22H18Br2FNO2/c1-2-27-19-8-6-18(7-9-19)26-13-16-11-20(23)22(21(24)12-16)28-14-15-4-3-5-17(25)10-15/h3-13H,2,14H2,1H3. The van der Waals surface area contributed by atoms with Crippen molar-refractivity contribution in [2.45, 2.75) is 13.5 Å². The highest BCUT2D eigenvalue weighted by Crippen LogP contribution is 2.35. The summed E-state index contributed by atoms with van der Waals surface area (Å²) >= 11 is 7.06. The molecular weight excluding hydrogens is 489 g/mol. The molecule has 3 aromatic carbocycles. The molecule has 0 aliphatic heterocycles. The molecule has 0 radical (unpaired) electrons. The summed E-state index contributed by atoms with van der Waals surface area (Å²) in [4.78, 5) is 4.49. The smallest absolute Gasteiger partial charge is 0.148 e. The van der Waals surface area contributed by atoms with Gasteiger partial charge in [-0.25, -0.2) is 4.39 Å². The first-order valence-corrected chi connectivity index (χ1v) is 10.3. The lowest BCUT2D eigenvalue weighted by Crippen LogP contribution is -1.98. The van der Waals surface area contributed by atoms with Crippen molar-refractivity contribution in [3.8, 4) is 11.5 Å². The molecule has 0 spiro atoms. The highest BCUT2D eigenvalue weighted by Gasteiger charge is 2.09. The van der Waals surface area contributed by atoms with Crippen LogP contribution in [-0.4, -0.2) is 12.8 Å². The van der Waals surface area contributed by atoms with Crippen molar-refractivity contribution in [1.82, 2.24) is 0 Å². The fraction of sp³-hybridized carbons (Fsp3) is 0.136. The summed E-state index contributed by atoms with van der Waals surface area (Å²) in [6.45, 7) is 2.86. The minimum Gasteiger partial charge on any atom is -0.494 e. The molecule has 0 N–H and O–H groups in total. The van der Waals surface area contributed by atoms with Gasteiger partial charge in [-0.05, 0) is 98.4 Å². The number of hydrogen-bond donors (Lipinski definition) is 0. The maximum atomic E-state index is 13.3. The van der Waals surface area contributed by atoms with Gasteiger partial charge in [-0.1, -0.05) is 12.1 Å². The molecule has 0 aromatic heterocycles. The van der Waals surface area contributed by atoms with Crippen molar-refractivity contribution in [3.63, 3.8) is 0 Å². The molecule has 6 heteroatoms. The van der Waals surface area contributed by atoms with E-state index < -0.39 is 0 Å². The summed E-state index contributed by atoms with van der Waals surface area (Å²) in [5.74, 6) is 1.20. The summed E-state index contributed by atoms with van der Waals surface area (Å²) in [5.41, 5.74) is 2.51. The second-order valence-corrected chi connectivity index (χ2v) is 7.63. The van der Waals surface area contributed by atoms with Crippen LogP contribution in [0.25, 0.3) is 0 Å². The third kappa shape index (κ3) is 5.66. The first kappa shape index (κ1) is 20.6. The van der Waals surface area contributed by atoms with E-state index in [1.165, 1.54) is 12.1 Å². The summed E-state index contributed by atoms with van der Waals surface area (Å²) in [5, 5.41) is 0. The van der Waals surface area contributed by atoms with Gasteiger partial charge in [-0.2, -0.15) is 0 Å². The second kappa shape index (κ2) is 9.85. The first-order chi connectivity index (χ1) is 13.5. The van der Waals surface area contributed by atoms with Gasteiger partial charge >= 0.3 is 0 Å². The van der Waals surface area contributed by atoms with Gasteiger partial charge < -0.3 is 9.47 Å². The predicted molar refractivity (Wildman–Crippen MR) is 117 cm³/mol. The molecule has 0 saturated carbocycles. The Bertz CT molecular complexity index is 952. The van der Waals surface area contributed by atoms with E-state index in [0.29, 0.717) is 12.4 Å². The molecule has 0 amide bonds. The monoisotopic (exact) mass is 505 g/mol. The molecule has 3 nitrogen and oxygen atoms in total. The zero-order chi connectivity index (χ0) is 19.9. The number of nitrogens with zero attached hydrogens (tertiary/aromatic N) is 1. The topological polar surface area (TPSA) is 30.8 Å². The van der Waals surface area contributed by atoms with Crippen LogP contribution in [0, 0.1) is 5.82 Å². The second-order valence-electron chi connectivity index (χ2n) is 5.92. The fourth-order valence-electron chi connectivity index (χ4n) is 2.52. The summed E-state index contributed by atoms with van der Waals surface area (Å²) in [6.07, 6.45) is 1.78. The van der Waals surface area contributed by atoms with Crippen LogP contribution in [0.3, 0.4) is 0 Å². The van der Waals surface area contributed by atoms with Crippen LogP contribution < -0.4 is 9.47 Å². The van der Waals surface area contributed by atoms with E-state index in [2.05, 4.69) is 36.9 Å². The van der Waals surface area contributed by atoms with Gasteiger partial charge in [0, 0.05) is 6.21 Å². The molecule has 0 bridgehead atoms. The van der Waals surface area contributed by atoms with Crippen molar-refractivity contribution in [2.75, 3.05) is 6.61 Å². The number of aliphatic imine (C=N–C) groups is 1. The molecule has 0 aliphatic rings. The van der Waals surface area contributed by atoms with Gasteiger partial charge in [0.1, 0.15) is 23.9 Å². The number of ether oxygens (including phenoxy) is 2. The quantitative estimate of drug-likeness (QED) is 0.320. The van der Waals surface area contributed by atoms with Crippen LogP contribution in [0.2, 0.25) is 0 Å². The highest BCUT2D eigenvalue weighted by molar-refractivity contribution is 9.11. The average Bonchev–Trinajstić information content (AvgIpc) is 2.67. The van der Waals surface area contributed by atoms with Gasteiger partial charge in [-0.15, -0.1) is 0 Å². The third-order valence-electron chi connectivity index (χ3n) is 3.80. The van der Waals surface area contributed by atoms with Gasteiger partial charge in [0.25, 0.3) is 0 Å². The largest absolute Gasteiger partial charge is 0.494 e. The number of benzene rings is 3. The molecule has 28 heavy (non-hydrogen) atoms. The van der Waals surface area contributed by atoms with Crippen LogP contribution in [0.4, 0.5) is 10.1 Å². The van der Waals surface area contributed by atoms with E-state index >= 15 is 0 Å². The number of rotatable bonds is 7. The molecule has 0 heterocycles. The van der Waals surface area contributed by atoms with Crippen molar-refractivity contribution in [1.29, 1.82) is 0 Å². The van der Waals surface area contributed by atoms with Crippen molar-refractivity contribution in [2.24, 2.45) is 4.99 Å². The Balaban J connectivity index is 1.70. The Labute approximate surface area is 180 Å². The van der Waals surface area contributed by atoms with Crippen LogP contribution in [0.5, 0.6) is 11.5 Å². The summed E-state index contributed by atoms with van der Waals surface area (Å²) in [7, 11) is 0. The molecule has 0 aliphatic carbocycles. The number of halogens is 3. The zero-order valence-electron chi connectivity index (χ0n) is 15.2. The van der Waals surface area contributed by atoms with Gasteiger partial charge in [0.2, 0.25) is 0 Å². The molecule has 144 valence electrons. The Morgan fingerprint density at radius 3 is 2.32 bits per heavy atom. The number of hydrogen-bond acceptors (Lipinski definition) is 3. The molecule has 0 unspecified atom stereocenters. The van der Waals surface area contributed by atoms with Gasteiger partial charge in [0.15, 0.2) is 0 Å². The maximum absolute atomic E-state index is 13.3. The predicted octanol–water partition coefficient (Wildman–Crippen LogP) is 7.08. The third-order valence-corrected chi connectivity index (χ3v) is 4.98. The fourth-order valence-corrected chi connectivity index (χ4v) is 3.97. The van der Waals surface area contributed by atoms with Crippen LogP contribution in [-0.2, 0) is 6.61 Å². The molecular formula is C22H18Br2FNO2. The Kier molecular flexibility index (Phi) is 7.23. The Hall–Kier alpha value is -2.18. The lowest BCUT2D eigenvalue weighted by Gasteiger charge is -2.11. The van der Waals surface area contributed by atoms with E-state index in [1.807, 2.05) is 49.4 Å². The van der Waals surface area contributed by atoms with Crippen LogP contribution in [0.15, 0.2) is 74.6 Å². The molecule has 0 atom stereocenters. The zero-order valence-corrected chi connectivity index (χ0v) is 18.3. The van der Waals surface area contributed by atoms with E-state index in [-0.39, 0.29) is 12.4 Å². The maximum Gasteiger partial charge on any atom is 0.148 e. The molecule has 3 aromatic rings. The van der Waals surface area contributed by atoms with Crippen LogP contribution in [0.1, 0.15) is 18.1 Å². The molecule has 0 fully saturated rings. The lowest BCUT2D eigenvalue weighted by molar-refractivity contribution is 0.301. The van der Waals surface area contributed by atoms with Crippen LogP contribution >= 0.6 is 31.9 Å². The van der Waals surface area contributed by atoms with E-state index in [4.69, 9.17) is 9.47 Å². The summed E-state index contributed by atoms with van der Waals surface area (Å²) in [6, 6.07) is 17.8. The van der Waals surface area contributed by atoms with E-state index in [9.17, 15) is 4.39 Å². The minimum absolute atomic E-state index is 0.272. The van der Waals surface area contributed by atoms with Crippen molar-refractivity contribution in [3.05, 3.63) is 86.6 Å². The Morgan fingerprint density at radius 2 is 1.68 bits per heavy atom. The average molecular weight is 507 g/mol. The molecule has 0 saturated heterocycles.